The van der Waals surface area contributed by atoms with Crippen LogP contribution in [0.5, 0.6) is 0 Å². The van der Waals surface area contributed by atoms with Gasteiger partial charge in [-0.05, 0) is 26.2 Å². The number of nitrogen functional groups attached to an aromatic ring is 1. The van der Waals surface area contributed by atoms with Crippen molar-refractivity contribution in [3.63, 3.8) is 0 Å². The van der Waals surface area contributed by atoms with Crippen molar-refractivity contribution >= 4 is 11.5 Å². The molecule has 1 aromatic rings. The van der Waals surface area contributed by atoms with Gasteiger partial charge in [-0.1, -0.05) is 20.8 Å². The van der Waals surface area contributed by atoms with E-state index in [4.69, 9.17) is 5.73 Å². The summed E-state index contributed by atoms with van der Waals surface area (Å²) in [6, 6.07) is 0. The van der Waals surface area contributed by atoms with Gasteiger partial charge in [0.25, 0.3) is 0 Å². The maximum absolute atomic E-state index is 11.1. The molecule has 0 amide bonds. The van der Waals surface area contributed by atoms with Crippen LogP contribution < -0.4 is 5.73 Å². The molecule has 2 N–H and O–H groups in total. The molecule has 0 radical (unpaired) electrons. The molecule has 0 atom stereocenters. The van der Waals surface area contributed by atoms with Gasteiger partial charge in [0.1, 0.15) is 5.69 Å². The van der Waals surface area contributed by atoms with Crippen LogP contribution in [-0.2, 0) is 12.0 Å². The predicted molar refractivity (Wildman–Crippen MR) is 71.4 cm³/mol. The van der Waals surface area contributed by atoms with Crippen LogP contribution >= 0.6 is 0 Å². The smallest absolute Gasteiger partial charge is 0.333 e. The molecule has 0 spiro atoms. The average Bonchev–Trinajstić information content (AvgIpc) is 2.38. The molecule has 0 fully saturated rings. The standard InChI is InChI=1S/C12H22N4O2/c1-11(2,3)7-8-9(16(17)18)10(13)15(14-8)12(4,5)6/h7,13H2,1-6H3. The zero-order chi connectivity index (χ0) is 14.3. The number of rotatable bonds is 2. The third kappa shape index (κ3) is 3.00. The molecule has 0 aliphatic rings. The van der Waals surface area contributed by atoms with Crippen molar-refractivity contribution in [3.05, 3.63) is 15.8 Å². The predicted octanol–water partition coefficient (Wildman–Crippen LogP) is 2.72. The minimum atomic E-state index is -0.439. The van der Waals surface area contributed by atoms with Gasteiger partial charge >= 0.3 is 5.69 Å². The van der Waals surface area contributed by atoms with E-state index in [9.17, 15) is 10.1 Å². The van der Waals surface area contributed by atoms with E-state index in [0.29, 0.717) is 12.1 Å². The van der Waals surface area contributed by atoms with Crippen LogP contribution in [0.15, 0.2) is 0 Å². The van der Waals surface area contributed by atoms with Gasteiger partial charge in [0.2, 0.25) is 5.82 Å². The fraction of sp³-hybridized carbons (Fsp3) is 0.750. The largest absolute Gasteiger partial charge is 0.378 e. The quantitative estimate of drug-likeness (QED) is 0.649. The maximum Gasteiger partial charge on any atom is 0.333 e. The first-order chi connectivity index (χ1) is 7.93. The summed E-state index contributed by atoms with van der Waals surface area (Å²) in [6.07, 6.45) is 0.524. The van der Waals surface area contributed by atoms with Crippen molar-refractivity contribution in [1.82, 2.24) is 9.78 Å². The fourth-order valence-electron chi connectivity index (χ4n) is 1.80. The molecular formula is C12H22N4O2. The van der Waals surface area contributed by atoms with Crippen molar-refractivity contribution in [2.24, 2.45) is 5.41 Å². The third-order valence-electron chi connectivity index (χ3n) is 2.48. The molecule has 0 saturated carbocycles. The van der Waals surface area contributed by atoms with E-state index in [2.05, 4.69) is 5.10 Å². The Bertz CT molecular complexity index is 464. The topological polar surface area (TPSA) is 87.0 Å². The van der Waals surface area contributed by atoms with Gasteiger partial charge in [-0.3, -0.25) is 10.1 Å². The third-order valence-corrected chi connectivity index (χ3v) is 2.48. The Balaban J connectivity index is 3.38. The van der Waals surface area contributed by atoms with E-state index in [0.717, 1.165) is 0 Å². The number of nitrogens with zero attached hydrogens (tertiary/aromatic N) is 3. The minimum Gasteiger partial charge on any atom is -0.378 e. The SMILES string of the molecule is CC(C)(C)Cc1nn(C(C)(C)C)c(N)c1[N+](=O)[O-]. The Morgan fingerprint density at radius 3 is 2.11 bits per heavy atom. The Morgan fingerprint density at radius 2 is 1.78 bits per heavy atom. The van der Waals surface area contributed by atoms with Gasteiger partial charge in [0.05, 0.1) is 10.5 Å². The monoisotopic (exact) mass is 254 g/mol. The fourth-order valence-corrected chi connectivity index (χ4v) is 1.80. The number of hydrogen-bond acceptors (Lipinski definition) is 4. The Hall–Kier alpha value is -1.59. The highest BCUT2D eigenvalue weighted by molar-refractivity contribution is 5.57. The van der Waals surface area contributed by atoms with Gasteiger partial charge in [-0.25, -0.2) is 4.68 Å². The average molecular weight is 254 g/mol. The van der Waals surface area contributed by atoms with Gasteiger partial charge in [0, 0.05) is 6.42 Å². The van der Waals surface area contributed by atoms with Crippen molar-refractivity contribution < 1.29 is 4.92 Å². The lowest BCUT2D eigenvalue weighted by molar-refractivity contribution is -0.384. The lowest BCUT2D eigenvalue weighted by atomic mass is 9.90. The second-order valence-corrected chi connectivity index (χ2v) is 6.76. The number of anilines is 1. The molecule has 0 aliphatic heterocycles. The minimum absolute atomic E-state index is 0.0557. The van der Waals surface area contributed by atoms with Crippen LogP contribution in [0.4, 0.5) is 11.5 Å². The van der Waals surface area contributed by atoms with Gasteiger partial charge in [0.15, 0.2) is 0 Å². The lowest BCUT2D eigenvalue weighted by Gasteiger charge is -2.20. The van der Waals surface area contributed by atoms with Crippen molar-refractivity contribution in [2.75, 3.05) is 5.73 Å². The first kappa shape index (κ1) is 14.5. The molecule has 102 valence electrons. The Labute approximate surface area is 107 Å². The summed E-state index contributed by atoms with van der Waals surface area (Å²) in [5, 5.41) is 15.5. The Morgan fingerprint density at radius 1 is 1.28 bits per heavy atom. The summed E-state index contributed by atoms with van der Waals surface area (Å²) in [4.78, 5) is 10.7. The molecule has 6 nitrogen and oxygen atoms in total. The molecule has 6 heteroatoms. The molecule has 1 rings (SSSR count). The van der Waals surface area contributed by atoms with Crippen molar-refractivity contribution in [1.29, 1.82) is 0 Å². The summed E-state index contributed by atoms with van der Waals surface area (Å²) < 4.78 is 1.53. The highest BCUT2D eigenvalue weighted by Crippen LogP contribution is 2.34. The van der Waals surface area contributed by atoms with Crippen LogP contribution in [0, 0.1) is 15.5 Å². The van der Waals surface area contributed by atoms with Crippen LogP contribution in [-0.4, -0.2) is 14.7 Å². The summed E-state index contributed by atoms with van der Waals surface area (Å²) in [5.74, 6) is 0.131. The van der Waals surface area contributed by atoms with Crippen LogP contribution in [0.25, 0.3) is 0 Å². The van der Waals surface area contributed by atoms with Crippen LogP contribution in [0.3, 0.4) is 0 Å². The molecule has 1 aromatic heterocycles. The second-order valence-electron chi connectivity index (χ2n) is 6.76. The molecule has 0 aromatic carbocycles. The molecule has 0 aliphatic carbocycles. The van der Waals surface area contributed by atoms with Gasteiger partial charge in [-0.2, -0.15) is 5.10 Å². The van der Waals surface area contributed by atoms with E-state index in [-0.39, 0.29) is 22.5 Å². The summed E-state index contributed by atoms with van der Waals surface area (Å²) in [7, 11) is 0. The van der Waals surface area contributed by atoms with E-state index in [1.165, 1.54) is 4.68 Å². The Kier molecular flexibility index (Phi) is 3.42. The number of hydrogen-bond donors (Lipinski definition) is 1. The van der Waals surface area contributed by atoms with Gasteiger partial charge < -0.3 is 5.73 Å². The first-order valence-electron chi connectivity index (χ1n) is 5.96. The molecule has 1 heterocycles. The van der Waals surface area contributed by atoms with Crippen LogP contribution in [0.2, 0.25) is 0 Å². The summed E-state index contributed by atoms with van der Waals surface area (Å²) >= 11 is 0. The first-order valence-corrected chi connectivity index (χ1v) is 5.96. The second kappa shape index (κ2) is 4.26. The normalized spacial score (nSPS) is 12.8. The van der Waals surface area contributed by atoms with E-state index in [1.807, 2.05) is 41.5 Å². The molecule has 0 bridgehead atoms. The van der Waals surface area contributed by atoms with Gasteiger partial charge in [-0.15, -0.1) is 0 Å². The number of aromatic nitrogens is 2. The highest BCUT2D eigenvalue weighted by Gasteiger charge is 2.32. The maximum atomic E-state index is 11.1. The zero-order valence-corrected chi connectivity index (χ0v) is 11.9. The van der Waals surface area contributed by atoms with Crippen molar-refractivity contribution in [3.8, 4) is 0 Å². The number of nitro groups is 1. The zero-order valence-electron chi connectivity index (χ0n) is 11.9. The summed E-state index contributed by atoms with van der Waals surface area (Å²) in [6.45, 7) is 11.8. The van der Waals surface area contributed by atoms with Crippen LogP contribution in [0.1, 0.15) is 47.2 Å². The molecule has 0 unspecified atom stereocenters. The highest BCUT2D eigenvalue weighted by atomic mass is 16.6. The molecule has 0 saturated heterocycles. The molecule has 18 heavy (non-hydrogen) atoms. The van der Waals surface area contributed by atoms with E-state index in [1.54, 1.807) is 0 Å². The number of nitrogens with two attached hydrogens (primary N) is 1. The van der Waals surface area contributed by atoms with Crippen molar-refractivity contribution in [2.45, 2.75) is 53.5 Å². The lowest BCUT2D eigenvalue weighted by Crippen LogP contribution is -2.25. The van der Waals surface area contributed by atoms with E-state index < -0.39 is 4.92 Å². The van der Waals surface area contributed by atoms with E-state index >= 15 is 0 Å². The summed E-state index contributed by atoms with van der Waals surface area (Å²) in [5.41, 5.74) is 5.83. The molecular weight excluding hydrogens is 232 g/mol.